The molecular weight excluding hydrogens is 312 g/mol. The summed E-state index contributed by atoms with van der Waals surface area (Å²) >= 11 is 5.88. The minimum atomic E-state index is -3.41. The molecule has 0 saturated carbocycles. The van der Waals surface area contributed by atoms with Gasteiger partial charge in [-0.15, -0.1) is 0 Å². The Bertz CT molecular complexity index is 558. The molecule has 0 aromatic heterocycles. The Morgan fingerprint density at radius 3 is 2.48 bits per heavy atom. The lowest BCUT2D eigenvalue weighted by Crippen LogP contribution is -2.49. The van der Waals surface area contributed by atoms with Gasteiger partial charge in [-0.25, -0.2) is 0 Å². The van der Waals surface area contributed by atoms with E-state index in [9.17, 15) is 8.42 Å². The number of hydrogen-bond acceptors (Lipinski definition) is 3. The number of halogens is 1. The lowest BCUT2D eigenvalue weighted by Gasteiger charge is -2.35. The van der Waals surface area contributed by atoms with E-state index in [0.29, 0.717) is 37.8 Å². The normalized spacial score (nSPS) is 20.9. The van der Waals surface area contributed by atoms with Crippen molar-refractivity contribution in [3.05, 3.63) is 34.9 Å². The molecule has 0 spiro atoms. The van der Waals surface area contributed by atoms with Crippen molar-refractivity contribution in [2.24, 2.45) is 0 Å². The molecule has 1 fully saturated rings. The lowest BCUT2D eigenvalue weighted by molar-refractivity contribution is -0.00422. The van der Waals surface area contributed by atoms with E-state index in [2.05, 4.69) is 0 Å². The summed E-state index contributed by atoms with van der Waals surface area (Å²) in [6.07, 6.45) is -0.249. The molecule has 1 atom stereocenters. The van der Waals surface area contributed by atoms with Crippen LogP contribution >= 0.6 is 11.6 Å². The molecule has 21 heavy (non-hydrogen) atoms. The third kappa shape index (κ3) is 3.76. The van der Waals surface area contributed by atoms with Gasteiger partial charge in [-0.05, 0) is 17.7 Å². The summed E-state index contributed by atoms with van der Waals surface area (Å²) in [6, 6.07) is 7.33. The largest absolute Gasteiger partial charge is 0.371 e. The molecule has 1 heterocycles. The molecule has 1 aromatic carbocycles. The third-order valence-corrected chi connectivity index (χ3v) is 6.03. The number of benzene rings is 1. The Morgan fingerprint density at radius 2 is 1.90 bits per heavy atom. The molecule has 7 heteroatoms. The number of morpholine rings is 1. The lowest BCUT2D eigenvalue weighted by atomic mass is 10.1. The molecule has 1 aromatic rings. The van der Waals surface area contributed by atoms with E-state index >= 15 is 0 Å². The van der Waals surface area contributed by atoms with E-state index in [1.807, 2.05) is 26.0 Å². The molecule has 1 saturated heterocycles. The van der Waals surface area contributed by atoms with E-state index < -0.39 is 10.2 Å². The highest BCUT2D eigenvalue weighted by Gasteiger charge is 2.33. The number of ether oxygens (including phenoxy) is 1. The first kappa shape index (κ1) is 16.7. The highest BCUT2D eigenvalue weighted by molar-refractivity contribution is 7.86. The van der Waals surface area contributed by atoms with Crippen LogP contribution in [0.2, 0.25) is 5.02 Å². The Kier molecular flexibility index (Phi) is 5.62. The fourth-order valence-corrected chi connectivity index (χ4v) is 4.16. The quantitative estimate of drug-likeness (QED) is 0.831. The second-order valence-corrected chi connectivity index (χ2v) is 7.23. The second kappa shape index (κ2) is 7.07. The summed E-state index contributed by atoms with van der Waals surface area (Å²) in [4.78, 5) is 0. The standard InChI is InChI=1S/C14H21ClN2O3S/c1-3-16(4-2)21(18,19)17-9-10-20-14(11-17)12-5-7-13(15)8-6-12/h5-8,14H,3-4,9-11H2,1-2H3. The average molecular weight is 333 g/mol. The highest BCUT2D eigenvalue weighted by Crippen LogP contribution is 2.25. The van der Waals surface area contributed by atoms with Crippen molar-refractivity contribution in [3.8, 4) is 0 Å². The molecule has 1 aliphatic rings. The first-order chi connectivity index (χ1) is 9.98. The predicted octanol–water partition coefficient (Wildman–Crippen LogP) is 2.30. The summed E-state index contributed by atoms with van der Waals surface area (Å²) in [7, 11) is -3.41. The molecule has 0 N–H and O–H groups in total. The van der Waals surface area contributed by atoms with Crippen molar-refractivity contribution in [3.63, 3.8) is 0 Å². The molecule has 118 valence electrons. The van der Waals surface area contributed by atoms with Crippen LogP contribution in [0.1, 0.15) is 25.5 Å². The van der Waals surface area contributed by atoms with Crippen molar-refractivity contribution in [2.45, 2.75) is 20.0 Å². The van der Waals surface area contributed by atoms with Crippen LogP contribution in [0.5, 0.6) is 0 Å². The average Bonchev–Trinajstić information content (AvgIpc) is 2.49. The van der Waals surface area contributed by atoms with Gasteiger partial charge in [0.15, 0.2) is 0 Å². The second-order valence-electron chi connectivity index (χ2n) is 4.86. The van der Waals surface area contributed by atoms with E-state index in [1.165, 1.54) is 8.61 Å². The zero-order chi connectivity index (χ0) is 15.5. The molecular formula is C14H21ClN2O3S. The SMILES string of the molecule is CCN(CC)S(=O)(=O)N1CCOC(c2ccc(Cl)cc2)C1. The van der Waals surface area contributed by atoms with Crippen LogP contribution in [0.4, 0.5) is 0 Å². The van der Waals surface area contributed by atoms with Crippen molar-refractivity contribution in [1.82, 2.24) is 8.61 Å². The van der Waals surface area contributed by atoms with E-state index in [0.717, 1.165) is 5.56 Å². The van der Waals surface area contributed by atoms with Crippen LogP contribution in [0.3, 0.4) is 0 Å². The monoisotopic (exact) mass is 332 g/mol. The zero-order valence-corrected chi connectivity index (χ0v) is 13.9. The van der Waals surface area contributed by atoms with Crippen molar-refractivity contribution in [2.75, 3.05) is 32.8 Å². The van der Waals surface area contributed by atoms with Crippen molar-refractivity contribution < 1.29 is 13.2 Å². The van der Waals surface area contributed by atoms with Gasteiger partial charge in [-0.1, -0.05) is 37.6 Å². The molecule has 1 unspecified atom stereocenters. The van der Waals surface area contributed by atoms with Gasteiger partial charge in [0.1, 0.15) is 0 Å². The summed E-state index contributed by atoms with van der Waals surface area (Å²) in [5.41, 5.74) is 0.943. The maximum atomic E-state index is 12.6. The van der Waals surface area contributed by atoms with Crippen LogP contribution in [0.15, 0.2) is 24.3 Å². The molecule has 0 amide bonds. The summed E-state index contributed by atoms with van der Waals surface area (Å²) in [5, 5.41) is 0.655. The van der Waals surface area contributed by atoms with Gasteiger partial charge in [0, 0.05) is 31.2 Å². The first-order valence-electron chi connectivity index (χ1n) is 7.11. The molecule has 0 radical (unpaired) electrons. The summed E-state index contributed by atoms with van der Waals surface area (Å²) < 4.78 is 33.8. The topological polar surface area (TPSA) is 49.9 Å². The van der Waals surface area contributed by atoms with Crippen LogP contribution in [0, 0.1) is 0 Å². The third-order valence-electron chi connectivity index (χ3n) is 3.63. The summed E-state index contributed by atoms with van der Waals surface area (Å²) in [6.45, 7) is 5.76. The predicted molar refractivity (Wildman–Crippen MR) is 83.6 cm³/mol. The van der Waals surface area contributed by atoms with Gasteiger partial charge in [0.05, 0.1) is 12.7 Å². The van der Waals surface area contributed by atoms with Crippen LogP contribution < -0.4 is 0 Å². The fraction of sp³-hybridized carbons (Fsp3) is 0.571. The van der Waals surface area contributed by atoms with E-state index in [4.69, 9.17) is 16.3 Å². The Morgan fingerprint density at radius 1 is 1.29 bits per heavy atom. The fourth-order valence-electron chi connectivity index (χ4n) is 2.43. The minimum Gasteiger partial charge on any atom is -0.371 e. The highest BCUT2D eigenvalue weighted by atomic mass is 35.5. The maximum absolute atomic E-state index is 12.6. The van der Waals surface area contributed by atoms with Crippen LogP contribution in [-0.4, -0.2) is 49.8 Å². The van der Waals surface area contributed by atoms with E-state index in [1.54, 1.807) is 12.1 Å². The first-order valence-corrected chi connectivity index (χ1v) is 8.88. The molecule has 2 rings (SSSR count). The number of hydrogen-bond donors (Lipinski definition) is 0. The van der Waals surface area contributed by atoms with Gasteiger partial charge < -0.3 is 4.74 Å². The Hall–Kier alpha value is -0.660. The van der Waals surface area contributed by atoms with Gasteiger partial charge in [0.25, 0.3) is 10.2 Å². The number of rotatable bonds is 5. The molecule has 0 bridgehead atoms. The Labute approximate surface area is 131 Å². The van der Waals surface area contributed by atoms with Crippen molar-refractivity contribution >= 4 is 21.8 Å². The van der Waals surface area contributed by atoms with Gasteiger partial charge in [0.2, 0.25) is 0 Å². The van der Waals surface area contributed by atoms with Gasteiger partial charge in [-0.2, -0.15) is 17.0 Å². The van der Waals surface area contributed by atoms with Gasteiger partial charge in [-0.3, -0.25) is 0 Å². The maximum Gasteiger partial charge on any atom is 0.282 e. The molecule has 0 aliphatic carbocycles. The molecule has 1 aliphatic heterocycles. The zero-order valence-electron chi connectivity index (χ0n) is 12.3. The van der Waals surface area contributed by atoms with E-state index in [-0.39, 0.29) is 6.10 Å². The van der Waals surface area contributed by atoms with Crippen LogP contribution in [0.25, 0.3) is 0 Å². The van der Waals surface area contributed by atoms with Crippen LogP contribution in [-0.2, 0) is 14.9 Å². The van der Waals surface area contributed by atoms with Crippen molar-refractivity contribution in [1.29, 1.82) is 0 Å². The summed E-state index contributed by atoms with van der Waals surface area (Å²) in [5.74, 6) is 0. The Balaban J connectivity index is 2.15. The minimum absolute atomic E-state index is 0.249. The van der Waals surface area contributed by atoms with Gasteiger partial charge >= 0.3 is 0 Å². The smallest absolute Gasteiger partial charge is 0.282 e. The number of nitrogens with zero attached hydrogens (tertiary/aromatic N) is 2. The molecule has 5 nitrogen and oxygen atoms in total.